The van der Waals surface area contributed by atoms with Gasteiger partial charge in [0.25, 0.3) is 5.91 Å². The Bertz CT molecular complexity index is 765. The highest BCUT2D eigenvalue weighted by atomic mass is 32.1. The van der Waals surface area contributed by atoms with Gasteiger partial charge in [-0.3, -0.25) is 4.79 Å². The summed E-state index contributed by atoms with van der Waals surface area (Å²) in [5.74, 6) is -1.30. The number of nitrogens with zero attached hydrogens (tertiary/aromatic N) is 2. The molecule has 1 amide bonds. The van der Waals surface area contributed by atoms with Gasteiger partial charge in [-0.05, 0) is 26.7 Å². The molecule has 3 rings (SSSR count). The molecule has 2 unspecified atom stereocenters. The number of hydrogen-bond acceptors (Lipinski definition) is 7. The van der Waals surface area contributed by atoms with Crippen LogP contribution in [0.25, 0.3) is 0 Å². The van der Waals surface area contributed by atoms with E-state index in [2.05, 4.69) is 15.3 Å². The fourth-order valence-corrected chi connectivity index (χ4v) is 4.23. The summed E-state index contributed by atoms with van der Waals surface area (Å²) in [7, 11) is 0. The van der Waals surface area contributed by atoms with Gasteiger partial charge in [0.1, 0.15) is 26.7 Å². The van der Waals surface area contributed by atoms with Crippen molar-refractivity contribution in [3.05, 3.63) is 31.7 Å². The molecule has 0 radical (unpaired) electrons. The molecule has 2 aromatic rings. The van der Waals surface area contributed by atoms with Crippen LogP contribution in [0.1, 0.15) is 67.8 Å². The summed E-state index contributed by atoms with van der Waals surface area (Å²) in [6.07, 6.45) is 1.94. The molecule has 0 aromatic carbocycles. The molecule has 2 N–H and O–H groups in total. The number of thiazole rings is 2. The molecular weight excluding hydrogens is 350 g/mol. The number of aromatic carboxylic acids is 1. The van der Waals surface area contributed by atoms with Crippen molar-refractivity contribution >= 4 is 34.6 Å². The van der Waals surface area contributed by atoms with Crippen LogP contribution < -0.4 is 5.32 Å². The van der Waals surface area contributed by atoms with Crippen molar-refractivity contribution in [1.29, 1.82) is 0 Å². The van der Waals surface area contributed by atoms with E-state index in [1.807, 2.05) is 0 Å². The lowest BCUT2D eigenvalue weighted by Gasteiger charge is -2.09. The number of aryl methyl sites for hydroxylation is 1. The van der Waals surface area contributed by atoms with Crippen molar-refractivity contribution in [1.82, 2.24) is 15.3 Å². The van der Waals surface area contributed by atoms with Crippen LogP contribution in [0, 0.1) is 6.92 Å². The number of carbonyl (C=O) groups is 2. The van der Waals surface area contributed by atoms with Gasteiger partial charge in [0.15, 0.2) is 0 Å². The predicted octanol–water partition coefficient (Wildman–Crippen LogP) is 2.95. The minimum Gasteiger partial charge on any atom is -0.477 e. The van der Waals surface area contributed by atoms with Gasteiger partial charge in [-0.1, -0.05) is 0 Å². The first kappa shape index (κ1) is 17.0. The fraction of sp³-hybridized carbons (Fsp3) is 0.467. The van der Waals surface area contributed by atoms with E-state index < -0.39 is 5.97 Å². The summed E-state index contributed by atoms with van der Waals surface area (Å²) >= 11 is 2.50. The van der Waals surface area contributed by atoms with Gasteiger partial charge in [-0.2, -0.15) is 0 Å². The molecule has 1 aliphatic rings. The average Bonchev–Trinajstić information content (AvgIpc) is 3.26. The Balaban J connectivity index is 1.67. The van der Waals surface area contributed by atoms with E-state index in [1.165, 1.54) is 11.3 Å². The highest BCUT2D eigenvalue weighted by Gasteiger charge is 2.24. The minimum atomic E-state index is -1.00. The zero-order valence-electron chi connectivity index (χ0n) is 13.2. The maximum absolute atomic E-state index is 12.3. The van der Waals surface area contributed by atoms with E-state index in [1.54, 1.807) is 19.2 Å². The molecule has 0 aliphatic carbocycles. The highest BCUT2D eigenvalue weighted by molar-refractivity contribution is 7.13. The van der Waals surface area contributed by atoms with Crippen LogP contribution in [0.15, 0.2) is 5.38 Å². The topological polar surface area (TPSA) is 101 Å². The third kappa shape index (κ3) is 3.47. The van der Waals surface area contributed by atoms with Crippen LogP contribution in [0.2, 0.25) is 0 Å². The second-order valence-electron chi connectivity index (χ2n) is 5.54. The average molecular weight is 367 g/mol. The summed E-state index contributed by atoms with van der Waals surface area (Å²) in [4.78, 5) is 32.2. The molecule has 2 atom stereocenters. The number of carbonyl (C=O) groups excluding carboxylic acids is 1. The summed E-state index contributed by atoms with van der Waals surface area (Å²) in [6.45, 7) is 4.15. The number of amides is 1. The number of carboxylic acids is 1. The Hall–Kier alpha value is -1.84. The van der Waals surface area contributed by atoms with Gasteiger partial charge < -0.3 is 15.2 Å². The first-order chi connectivity index (χ1) is 11.5. The molecule has 24 heavy (non-hydrogen) atoms. The van der Waals surface area contributed by atoms with Gasteiger partial charge in [-0.25, -0.2) is 14.8 Å². The van der Waals surface area contributed by atoms with Gasteiger partial charge in [0.2, 0.25) is 0 Å². The largest absolute Gasteiger partial charge is 0.477 e. The normalized spacial score (nSPS) is 18.5. The van der Waals surface area contributed by atoms with Crippen LogP contribution in [0.5, 0.6) is 0 Å². The molecule has 1 fully saturated rings. The van der Waals surface area contributed by atoms with Crippen molar-refractivity contribution in [2.75, 3.05) is 6.61 Å². The molecule has 128 valence electrons. The summed E-state index contributed by atoms with van der Waals surface area (Å²) in [5, 5.41) is 15.0. The van der Waals surface area contributed by atoms with Crippen LogP contribution >= 0.6 is 22.7 Å². The number of rotatable bonds is 5. The minimum absolute atomic E-state index is 0.00582. The molecular formula is C15H17N3O4S2. The second-order valence-corrected chi connectivity index (χ2v) is 7.46. The van der Waals surface area contributed by atoms with E-state index >= 15 is 0 Å². The Labute approximate surface area is 146 Å². The number of nitrogens with one attached hydrogen (secondary N) is 1. The summed E-state index contributed by atoms with van der Waals surface area (Å²) in [6, 6.07) is -0.387. The Morgan fingerprint density at radius 1 is 1.46 bits per heavy atom. The van der Waals surface area contributed by atoms with Gasteiger partial charge in [-0.15, -0.1) is 22.7 Å². The van der Waals surface area contributed by atoms with Gasteiger partial charge in [0, 0.05) is 12.0 Å². The number of hydrogen-bond donors (Lipinski definition) is 2. The third-order valence-corrected chi connectivity index (χ3v) is 5.95. The van der Waals surface area contributed by atoms with Crippen molar-refractivity contribution in [3.63, 3.8) is 0 Å². The van der Waals surface area contributed by atoms with E-state index in [4.69, 9.17) is 9.84 Å². The highest BCUT2D eigenvalue weighted by Crippen LogP contribution is 2.30. The number of ether oxygens (including phenoxy) is 1. The van der Waals surface area contributed by atoms with E-state index in [0.29, 0.717) is 16.4 Å². The molecule has 0 saturated carbocycles. The van der Waals surface area contributed by atoms with Crippen molar-refractivity contribution < 1.29 is 19.4 Å². The van der Waals surface area contributed by atoms with Gasteiger partial charge in [0.05, 0.1) is 11.7 Å². The SMILES string of the molecule is Cc1nc(C(C)NC(=O)c2csc(C3CCCO3)n2)sc1C(=O)O. The molecule has 7 nitrogen and oxygen atoms in total. The predicted molar refractivity (Wildman–Crippen MR) is 89.7 cm³/mol. The molecule has 1 saturated heterocycles. The molecule has 1 aliphatic heterocycles. The van der Waals surface area contributed by atoms with E-state index in [9.17, 15) is 9.59 Å². The molecule has 0 spiro atoms. The monoisotopic (exact) mass is 367 g/mol. The van der Waals surface area contributed by atoms with Crippen LogP contribution in [-0.4, -0.2) is 33.6 Å². The fourth-order valence-electron chi connectivity index (χ4n) is 2.45. The summed E-state index contributed by atoms with van der Waals surface area (Å²) < 4.78 is 5.57. The Kier molecular flexibility index (Phi) is 4.93. The first-order valence-electron chi connectivity index (χ1n) is 7.54. The Morgan fingerprint density at radius 3 is 2.88 bits per heavy atom. The quantitative estimate of drug-likeness (QED) is 0.842. The lowest BCUT2D eigenvalue weighted by Crippen LogP contribution is -2.27. The van der Waals surface area contributed by atoms with Crippen LogP contribution in [0.3, 0.4) is 0 Å². The van der Waals surface area contributed by atoms with E-state index in [-0.39, 0.29) is 22.9 Å². The van der Waals surface area contributed by atoms with Crippen molar-refractivity contribution in [2.24, 2.45) is 0 Å². The van der Waals surface area contributed by atoms with E-state index in [0.717, 1.165) is 35.8 Å². The molecule has 3 heterocycles. The third-order valence-electron chi connectivity index (χ3n) is 3.69. The lowest BCUT2D eigenvalue weighted by molar-refractivity contribution is 0.0700. The maximum atomic E-state index is 12.3. The first-order valence-corrected chi connectivity index (χ1v) is 9.24. The molecule has 0 bridgehead atoms. The second kappa shape index (κ2) is 6.96. The Morgan fingerprint density at radius 2 is 2.25 bits per heavy atom. The number of carboxylic acid groups (broad SMARTS) is 1. The summed E-state index contributed by atoms with van der Waals surface area (Å²) in [5.41, 5.74) is 0.807. The zero-order chi connectivity index (χ0) is 17.3. The van der Waals surface area contributed by atoms with Gasteiger partial charge >= 0.3 is 5.97 Å². The molecule has 9 heteroatoms. The zero-order valence-corrected chi connectivity index (χ0v) is 14.9. The number of aromatic nitrogens is 2. The van der Waals surface area contributed by atoms with Crippen molar-refractivity contribution in [3.8, 4) is 0 Å². The van der Waals surface area contributed by atoms with Crippen LogP contribution in [0.4, 0.5) is 0 Å². The maximum Gasteiger partial charge on any atom is 0.347 e. The standard InChI is InChI=1S/C15H17N3O4S2/c1-7-11(15(20)21)24-13(17-7)8(2)16-12(19)9-6-23-14(18-9)10-4-3-5-22-10/h6,8,10H,3-5H2,1-2H3,(H,16,19)(H,20,21). The van der Waals surface area contributed by atoms with Crippen molar-refractivity contribution in [2.45, 2.75) is 38.8 Å². The lowest BCUT2D eigenvalue weighted by atomic mass is 10.2. The van der Waals surface area contributed by atoms with Crippen LogP contribution in [-0.2, 0) is 4.74 Å². The molecule has 2 aromatic heterocycles. The smallest absolute Gasteiger partial charge is 0.347 e.